The van der Waals surface area contributed by atoms with Crippen LogP contribution in [0.2, 0.25) is 0 Å². The summed E-state index contributed by atoms with van der Waals surface area (Å²) in [5.74, 6) is -1.82. The number of carbonyl (C=O) groups excluding carboxylic acids is 2. The highest BCUT2D eigenvalue weighted by atomic mass is 16.5. The molecule has 0 fully saturated rings. The Hall–Kier alpha value is -3.46. The van der Waals surface area contributed by atoms with Gasteiger partial charge in [0, 0.05) is 24.5 Å². The van der Waals surface area contributed by atoms with Gasteiger partial charge < -0.3 is 20.5 Å². The number of rotatable bonds is 9. The SMILES string of the molecule is CCC(CC)O[C@@H]1C=C(C(=O)O)C[C@H](NC(=O)c2cc(-c3ccc(C)cc3)n[nH]2)[C@H]1NC(C)=O. The zero-order chi connectivity index (χ0) is 24.8. The number of carboxylic acids is 1. The van der Waals surface area contributed by atoms with Gasteiger partial charge in [-0.15, -0.1) is 0 Å². The van der Waals surface area contributed by atoms with Gasteiger partial charge in [0.1, 0.15) is 5.69 Å². The van der Waals surface area contributed by atoms with Gasteiger partial charge in [-0.2, -0.15) is 5.10 Å². The highest BCUT2D eigenvalue weighted by molar-refractivity contribution is 5.94. The Morgan fingerprint density at radius 2 is 1.85 bits per heavy atom. The monoisotopic (exact) mass is 468 g/mol. The van der Waals surface area contributed by atoms with Gasteiger partial charge in [0.2, 0.25) is 5.91 Å². The first-order valence-corrected chi connectivity index (χ1v) is 11.5. The molecule has 0 spiro atoms. The summed E-state index contributed by atoms with van der Waals surface area (Å²) in [6.45, 7) is 7.33. The van der Waals surface area contributed by atoms with E-state index in [0.717, 1.165) is 24.0 Å². The topological polar surface area (TPSA) is 133 Å². The summed E-state index contributed by atoms with van der Waals surface area (Å²) in [5.41, 5.74) is 2.97. The first-order valence-electron chi connectivity index (χ1n) is 11.5. The zero-order valence-electron chi connectivity index (χ0n) is 19.9. The summed E-state index contributed by atoms with van der Waals surface area (Å²) in [7, 11) is 0. The predicted octanol–water partition coefficient (Wildman–Crippen LogP) is 2.98. The number of carboxylic acid groups (broad SMARTS) is 1. The van der Waals surface area contributed by atoms with E-state index in [9.17, 15) is 19.5 Å². The fourth-order valence-electron chi connectivity index (χ4n) is 4.06. The molecule has 4 N–H and O–H groups in total. The van der Waals surface area contributed by atoms with Gasteiger partial charge in [0.25, 0.3) is 5.91 Å². The number of benzene rings is 1. The van der Waals surface area contributed by atoms with E-state index in [1.165, 1.54) is 13.0 Å². The van der Waals surface area contributed by atoms with Gasteiger partial charge in [-0.05, 0) is 31.9 Å². The molecule has 1 aliphatic rings. The zero-order valence-corrected chi connectivity index (χ0v) is 19.9. The van der Waals surface area contributed by atoms with Gasteiger partial charge in [-0.25, -0.2) is 4.79 Å². The van der Waals surface area contributed by atoms with E-state index in [-0.39, 0.29) is 29.7 Å². The van der Waals surface area contributed by atoms with E-state index in [4.69, 9.17) is 4.74 Å². The fraction of sp³-hybridized carbons (Fsp3) is 0.440. The highest BCUT2D eigenvalue weighted by Gasteiger charge is 2.38. The third-order valence-electron chi connectivity index (χ3n) is 5.98. The normalized spacial score (nSPS) is 20.0. The van der Waals surface area contributed by atoms with Crippen molar-refractivity contribution < 1.29 is 24.2 Å². The Balaban J connectivity index is 1.84. The van der Waals surface area contributed by atoms with E-state index in [1.807, 2.05) is 45.0 Å². The second-order valence-corrected chi connectivity index (χ2v) is 8.58. The van der Waals surface area contributed by atoms with Crippen molar-refractivity contribution in [2.45, 2.75) is 71.2 Å². The largest absolute Gasteiger partial charge is 0.478 e. The molecular formula is C25H32N4O5. The van der Waals surface area contributed by atoms with Crippen LogP contribution in [-0.2, 0) is 14.3 Å². The molecular weight excluding hydrogens is 436 g/mol. The first kappa shape index (κ1) is 25.2. The molecule has 2 aromatic rings. The van der Waals surface area contributed by atoms with Crippen LogP contribution in [-0.4, -0.2) is 57.4 Å². The second kappa shape index (κ2) is 11.1. The number of ether oxygens (including phenoxy) is 1. The van der Waals surface area contributed by atoms with E-state index in [0.29, 0.717) is 5.69 Å². The first-order chi connectivity index (χ1) is 16.2. The number of H-pyrrole nitrogens is 1. The lowest BCUT2D eigenvalue weighted by Crippen LogP contribution is -2.59. The Morgan fingerprint density at radius 3 is 2.44 bits per heavy atom. The molecule has 0 saturated heterocycles. The van der Waals surface area contributed by atoms with Gasteiger partial charge in [0.15, 0.2) is 0 Å². The number of aliphatic carboxylic acids is 1. The third kappa shape index (κ3) is 6.11. The summed E-state index contributed by atoms with van der Waals surface area (Å²) < 4.78 is 6.15. The number of hydrogen-bond donors (Lipinski definition) is 4. The van der Waals surface area contributed by atoms with E-state index in [1.54, 1.807) is 6.07 Å². The van der Waals surface area contributed by atoms with Crippen LogP contribution in [0.4, 0.5) is 0 Å². The summed E-state index contributed by atoms with van der Waals surface area (Å²) in [5, 5.41) is 22.4. The summed E-state index contributed by atoms with van der Waals surface area (Å²) in [6.07, 6.45) is 2.27. The Bertz CT molecular complexity index is 1060. The molecule has 182 valence electrons. The minimum absolute atomic E-state index is 0.0494. The maximum atomic E-state index is 13.1. The standard InChI is InChI=1S/C25H32N4O5/c1-5-18(6-2)34-22-12-17(25(32)33)11-20(23(22)26-15(4)30)27-24(31)21-13-19(28-29-21)16-9-7-14(3)8-10-16/h7-10,12-13,18,20,22-23H,5-6,11H2,1-4H3,(H,26,30)(H,27,31)(H,28,29)(H,32,33)/t20-,22+,23+/m0/s1. The lowest BCUT2D eigenvalue weighted by atomic mass is 9.87. The van der Waals surface area contributed by atoms with Crippen LogP contribution in [0.3, 0.4) is 0 Å². The number of aromatic amines is 1. The number of carbonyl (C=O) groups is 3. The van der Waals surface area contributed by atoms with Crippen molar-refractivity contribution in [2.75, 3.05) is 0 Å². The van der Waals surface area contributed by atoms with Crippen LogP contribution in [0.15, 0.2) is 42.0 Å². The molecule has 9 heteroatoms. The summed E-state index contributed by atoms with van der Waals surface area (Å²) in [4.78, 5) is 36.8. The number of amides is 2. The van der Waals surface area contributed by atoms with E-state index in [2.05, 4.69) is 20.8 Å². The highest BCUT2D eigenvalue weighted by Crippen LogP contribution is 2.25. The average molecular weight is 469 g/mol. The predicted molar refractivity (Wildman–Crippen MR) is 127 cm³/mol. The molecule has 0 aliphatic heterocycles. The number of nitrogens with zero attached hydrogens (tertiary/aromatic N) is 1. The molecule has 0 saturated carbocycles. The lowest BCUT2D eigenvalue weighted by Gasteiger charge is -2.38. The van der Waals surface area contributed by atoms with Crippen molar-refractivity contribution in [3.8, 4) is 11.3 Å². The summed E-state index contributed by atoms with van der Waals surface area (Å²) in [6, 6.07) is 8.10. The maximum absolute atomic E-state index is 13.1. The van der Waals surface area contributed by atoms with Crippen LogP contribution in [0.5, 0.6) is 0 Å². The molecule has 1 heterocycles. The Kier molecular flexibility index (Phi) is 8.22. The molecule has 34 heavy (non-hydrogen) atoms. The van der Waals surface area contributed by atoms with Crippen LogP contribution in [0.1, 0.15) is 56.1 Å². The molecule has 1 aliphatic carbocycles. The van der Waals surface area contributed by atoms with Crippen molar-refractivity contribution in [1.29, 1.82) is 0 Å². The van der Waals surface area contributed by atoms with E-state index < -0.39 is 30.1 Å². The molecule has 1 aromatic heterocycles. The second-order valence-electron chi connectivity index (χ2n) is 8.58. The smallest absolute Gasteiger partial charge is 0.331 e. The van der Waals surface area contributed by atoms with Crippen molar-refractivity contribution >= 4 is 17.8 Å². The van der Waals surface area contributed by atoms with Crippen molar-refractivity contribution in [2.24, 2.45) is 0 Å². The van der Waals surface area contributed by atoms with Crippen molar-refractivity contribution in [3.63, 3.8) is 0 Å². The van der Waals surface area contributed by atoms with Gasteiger partial charge in [-0.1, -0.05) is 43.7 Å². The van der Waals surface area contributed by atoms with Crippen LogP contribution >= 0.6 is 0 Å². The number of aryl methyl sites for hydroxylation is 1. The number of hydrogen-bond acceptors (Lipinski definition) is 5. The van der Waals surface area contributed by atoms with Crippen molar-refractivity contribution in [1.82, 2.24) is 20.8 Å². The third-order valence-corrected chi connectivity index (χ3v) is 5.98. The molecule has 1 aromatic carbocycles. The molecule has 2 amide bonds. The minimum Gasteiger partial charge on any atom is -0.478 e. The number of nitrogens with one attached hydrogen (secondary N) is 3. The average Bonchev–Trinajstić information content (AvgIpc) is 3.29. The lowest BCUT2D eigenvalue weighted by molar-refractivity contribution is -0.133. The molecule has 0 bridgehead atoms. The van der Waals surface area contributed by atoms with Crippen LogP contribution in [0, 0.1) is 6.92 Å². The molecule has 9 nitrogen and oxygen atoms in total. The number of aromatic nitrogens is 2. The minimum atomic E-state index is -1.08. The van der Waals surface area contributed by atoms with Gasteiger partial charge in [0.05, 0.1) is 30.0 Å². The van der Waals surface area contributed by atoms with Gasteiger partial charge >= 0.3 is 5.97 Å². The fourth-order valence-corrected chi connectivity index (χ4v) is 4.06. The van der Waals surface area contributed by atoms with E-state index >= 15 is 0 Å². The maximum Gasteiger partial charge on any atom is 0.331 e. The Morgan fingerprint density at radius 1 is 1.18 bits per heavy atom. The summed E-state index contributed by atoms with van der Waals surface area (Å²) >= 11 is 0. The quantitative estimate of drug-likeness (QED) is 0.447. The van der Waals surface area contributed by atoms with Gasteiger partial charge in [-0.3, -0.25) is 14.7 Å². The Labute approximate surface area is 199 Å². The van der Waals surface area contributed by atoms with Crippen LogP contribution in [0.25, 0.3) is 11.3 Å². The van der Waals surface area contributed by atoms with Crippen LogP contribution < -0.4 is 10.6 Å². The molecule has 3 atom stereocenters. The molecule has 3 rings (SSSR count). The molecule has 0 radical (unpaired) electrons. The van der Waals surface area contributed by atoms with Crippen molar-refractivity contribution in [3.05, 3.63) is 53.2 Å². The molecule has 0 unspecified atom stereocenters.